The van der Waals surface area contributed by atoms with Crippen LogP contribution in [-0.4, -0.2) is 19.2 Å². The fraction of sp³-hybridized carbons (Fsp3) is 0.533. The third kappa shape index (κ3) is 3.49. The first-order valence-electron chi connectivity index (χ1n) is 6.64. The summed E-state index contributed by atoms with van der Waals surface area (Å²) in [6.07, 6.45) is 7.61. The molecule has 2 rings (SSSR count). The molecule has 3 heteroatoms. The van der Waals surface area contributed by atoms with Crippen LogP contribution in [0.3, 0.4) is 0 Å². The first-order valence-corrected chi connectivity index (χ1v) is 6.64. The predicted molar refractivity (Wildman–Crippen MR) is 69.9 cm³/mol. The lowest BCUT2D eigenvalue weighted by Crippen LogP contribution is -2.15. The molecule has 1 aromatic rings. The zero-order valence-corrected chi connectivity index (χ0v) is 10.9. The van der Waals surface area contributed by atoms with E-state index in [1.165, 1.54) is 32.8 Å². The van der Waals surface area contributed by atoms with E-state index in [0.29, 0.717) is 11.7 Å². The molecule has 0 spiro atoms. The number of benzene rings is 1. The van der Waals surface area contributed by atoms with E-state index in [2.05, 4.69) is 0 Å². The summed E-state index contributed by atoms with van der Waals surface area (Å²) >= 11 is 0. The highest BCUT2D eigenvalue weighted by Crippen LogP contribution is 2.23. The zero-order chi connectivity index (χ0) is 12.8. The lowest BCUT2D eigenvalue weighted by Gasteiger charge is -2.17. The molecule has 0 atom stereocenters. The number of carbonyl (C=O) groups is 1. The number of hydrogen-bond donors (Lipinski definition) is 0. The normalized spacial score (nSPS) is 16.9. The molecule has 1 aliphatic rings. The molecule has 1 saturated carbocycles. The van der Waals surface area contributed by atoms with Crippen molar-refractivity contribution in [1.29, 1.82) is 0 Å². The van der Waals surface area contributed by atoms with Crippen LogP contribution in [0.25, 0.3) is 0 Å². The Balaban J connectivity index is 2.01. The van der Waals surface area contributed by atoms with Crippen molar-refractivity contribution >= 4 is 5.97 Å². The van der Waals surface area contributed by atoms with Crippen LogP contribution in [0, 0.1) is 0 Å². The van der Waals surface area contributed by atoms with E-state index in [-0.39, 0.29) is 5.97 Å². The van der Waals surface area contributed by atoms with E-state index in [1.54, 1.807) is 12.1 Å². The van der Waals surface area contributed by atoms with Gasteiger partial charge in [-0.2, -0.15) is 0 Å². The quantitative estimate of drug-likeness (QED) is 0.606. The monoisotopic (exact) mass is 248 g/mol. The standard InChI is InChI=1S/C15H20O3/c1-17-15(16)12-7-6-10-14(11-12)18-13-8-4-2-3-5-9-13/h6-7,10-11,13H,2-5,8-9H2,1H3. The summed E-state index contributed by atoms with van der Waals surface area (Å²) in [4.78, 5) is 11.4. The highest BCUT2D eigenvalue weighted by molar-refractivity contribution is 5.89. The van der Waals surface area contributed by atoms with Crippen LogP contribution >= 0.6 is 0 Å². The first-order chi connectivity index (χ1) is 8.79. The van der Waals surface area contributed by atoms with Gasteiger partial charge in [0.25, 0.3) is 0 Å². The van der Waals surface area contributed by atoms with Gasteiger partial charge in [0.1, 0.15) is 5.75 Å². The molecule has 0 amide bonds. The van der Waals surface area contributed by atoms with Gasteiger partial charge in [0.15, 0.2) is 0 Å². The van der Waals surface area contributed by atoms with Gasteiger partial charge in [0.05, 0.1) is 18.8 Å². The summed E-state index contributed by atoms with van der Waals surface area (Å²) in [5.41, 5.74) is 0.545. The molecule has 0 bridgehead atoms. The minimum Gasteiger partial charge on any atom is -0.490 e. The summed E-state index contributed by atoms with van der Waals surface area (Å²) in [6.45, 7) is 0. The molecule has 98 valence electrons. The fourth-order valence-corrected chi connectivity index (χ4v) is 2.37. The molecule has 0 radical (unpaired) electrons. The third-order valence-corrected chi connectivity index (χ3v) is 3.36. The Hall–Kier alpha value is -1.51. The Morgan fingerprint density at radius 2 is 1.89 bits per heavy atom. The van der Waals surface area contributed by atoms with Crippen molar-refractivity contribution in [3.63, 3.8) is 0 Å². The Labute approximate surface area is 108 Å². The van der Waals surface area contributed by atoms with Gasteiger partial charge < -0.3 is 9.47 Å². The van der Waals surface area contributed by atoms with Crippen molar-refractivity contribution in [2.45, 2.75) is 44.6 Å². The molecular weight excluding hydrogens is 228 g/mol. The molecule has 0 N–H and O–H groups in total. The number of ether oxygens (including phenoxy) is 2. The molecule has 0 aliphatic heterocycles. The van der Waals surface area contributed by atoms with E-state index in [0.717, 1.165) is 18.6 Å². The smallest absolute Gasteiger partial charge is 0.337 e. The summed E-state index contributed by atoms with van der Waals surface area (Å²) in [6, 6.07) is 7.23. The lowest BCUT2D eigenvalue weighted by atomic mass is 10.1. The number of rotatable bonds is 3. The van der Waals surface area contributed by atoms with Crippen LogP contribution in [0.1, 0.15) is 48.9 Å². The van der Waals surface area contributed by atoms with E-state index in [9.17, 15) is 4.79 Å². The van der Waals surface area contributed by atoms with Gasteiger partial charge in [-0.3, -0.25) is 0 Å². The van der Waals surface area contributed by atoms with Crippen molar-refractivity contribution in [1.82, 2.24) is 0 Å². The van der Waals surface area contributed by atoms with E-state index < -0.39 is 0 Å². The molecule has 0 heterocycles. The highest BCUT2D eigenvalue weighted by Gasteiger charge is 2.14. The Kier molecular flexibility index (Phi) is 4.62. The second-order valence-corrected chi connectivity index (χ2v) is 4.75. The SMILES string of the molecule is COC(=O)c1cccc(OC2CCCCCC2)c1. The minimum absolute atomic E-state index is 0.292. The van der Waals surface area contributed by atoms with Crippen molar-refractivity contribution in [2.24, 2.45) is 0 Å². The molecule has 0 unspecified atom stereocenters. The van der Waals surface area contributed by atoms with Gasteiger partial charge in [0, 0.05) is 0 Å². The van der Waals surface area contributed by atoms with Gasteiger partial charge >= 0.3 is 5.97 Å². The number of hydrogen-bond acceptors (Lipinski definition) is 3. The van der Waals surface area contributed by atoms with Crippen molar-refractivity contribution in [2.75, 3.05) is 7.11 Å². The van der Waals surface area contributed by atoms with Gasteiger partial charge in [-0.1, -0.05) is 18.9 Å². The lowest BCUT2D eigenvalue weighted by molar-refractivity contribution is 0.0599. The van der Waals surface area contributed by atoms with Gasteiger partial charge in [-0.05, 0) is 43.9 Å². The van der Waals surface area contributed by atoms with Crippen LogP contribution in [0.2, 0.25) is 0 Å². The van der Waals surface area contributed by atoms with Gasteiger partial charge in [0.2, 0.25) is 0 Å². The first kappa shape index (κ1) is 12.9. The largest absolute Gasteiger partial charge is 0.490 e. The Bertz CT molecular complexity index is 392. The maximum absolute atomic E-state index is 11.4. The van der Waals surface area contributed by atoms with Gasteiger partial charge in [-0.15, -0.1) is 0 Å². The summed E-state index contributed by atoms with van der Waals surface area (Å²) in [5, 5.41) is 0. The molecule has 3 nitrogen and oxygen atoms in total. The molecule has 0 aromatic heterocycles. The Morgan fingerprint density at radius 3 is 2.56 bits per heavy atom. The summed E-state index contributed by atoms with van der Waals surface area (Å²) in [7, 11) is 1.39. The number of methoxy groups -OCH3 is 1. The average Bonchev–Trinajstić information content (AvgIpc) is 2.67. The maximum atomic E-state index is 11.4. The minimum atomic E-state index is -0.318. The van der Waals surface area contributed by atoms with E-state index in [1.807, 2.05) is 12.1 Å². The van der Waals surface area contributed by atoms with E-state index >= 15 is 0 Å². The predicted octanol–water partition coefficient (Wildman–Crippen LogP) is 3.57. The zero-order valence-electron chi connectivity index (χ0n) is 10.9. The van der Waals surface area contributed by atoms with Crippen LogP contribution in [0.5, 0.6) is 5.75 Å². The second-order valence-electron chi connectivity index (χ2n) is 4.75. The van der Waals surface area contributed by atoms with Crippen LogP contribution in [-0.2, 0) is 4.74 Å². The topological polar surface area (TPSA) is 35.5 Å². The fourth-order valence-electron chi connectivity index (χ4n) is 2.37. The van der Waals surface area contributed by atoms with Crippen molar-refractivity contribution in [3.8, 4) is 5.75 Å². The van der Waals surface area contributed by atoms with E-state index in [4.69, 9.17) is 9.47 Å². The molecule has 18 heavy (non-hydrogen) atoms. The Morgan fingerprint density at radius 1 is 1.17 bits per heavy atom. The highest BCUT2D eigenvalue weighted by atomic mass is 16.5. The van der Waals surface area contributed by atoms with Crippen LogP contribution in [0.15, 0.2) is 24.3 Å². The second kappa shape index (κ2) is 6.43. The summed E-state index contributed by atoms with van der Waals surface area (Å²) < 4.78 is 10.7. The molecule has 1 aromatic carbocycles. The molecular formula is C15H20O3. The molecule has 0 saturated heterocycles. The summed E-state index contributed by atoms with van der Waals surface area (Å²) in [5.74, 6) is 0.450. The molecule has 1 fully saturated rings. The molecule has 1 aliphatic carbocycles. The van der Waals surface area contributed by atoms with Crippen LogP contribution < -0.4 is 4.74 Å². The van der Waals surface area contributed by atoms with Crippen LogP contribution in [0.4, 0.5) is 0 Å². The van der Waals surface area contributed by atoms with Crippen molar-refractivity contribution in [3.05, 3.63) is 29.8 Å². The third-order valence-electron chi connectivity index (χ3n) is 3.36. The van der Waals surface area contributed by atoms with Crippen molar-refractivity contribution < 1.29 is 14.3 Å². The maximum Gasteiger partial charge on any atom is 0.337 e. The average molecular weight is 248 g/mol. The number of esters is 1. The number of carbonyl (C=O) groups excluding carboxylic acids is 1. The van der Waals surface area contributed by atoms with Gasteiger partial charge in [-0.25, -0.2) is 4.79 Å².